The maximum atomic E-state index is 10.3. The molecule has 0 radical (unpaired) electrons. The minimum Gasteiger partial charge on any atom is -0.504 e. The normalized spacial score (nSPS) is 16.0. The van der Waals surface area contributed by atoms with Gasteiger partial charge in [0, 0.05) is 12.6 Å². The van der Waals surface area contributed by atoms with E-state index < -0.39 is 0 Å². The van der Waals surface area contributed by atoms with E-state index in [1.54, 1.807) is 7.11 Å². The zero-order valence-corrected chi connectivity index (χ0v) is 19.6. The van der Waals surface area contributed by atoms with E-state index in [-0.39, 0.29) is 11.8 Å². The molecule has 4 rings (SSSR count). The van der Waals surface area contributed by atoms with Crippen LogP contribution in [0, 0.1) is 0 Å². The van der Waals surface area contributed by atoms with Crippen molar-refractivity contribution in [2.45, 2.75) is 31.9 Å². The number of ether oxygens (including phenoxy) is 2. The predicted octanol–water partition coefficient (Wildman–Crippen LogP) is 5.90. The van der Waals surface area contributed by atoms with Crippen LogP contribution in [0.4, 0.5) is 0 Å². The average molecular weight is 482 g/mol. The number of benzene rings is 3. The molecule has 0 amide bonds. The Morgan fingerprint density at radius 1 is 1.03 bits per heavy atom. The van der Waals surface area contributed by atoms with Crippen LogP contribution < -0.4 is 9.47 Å². The van der Waals surface area contributed by atoms with Gasteiger partial charge in [0.1, 0.15) is 12.4 Å². The zero-order valence-electron chi connectivity index (χ0n) is 18.0. The van der Waals surface area contributed by atoms with Crippen molar-refractivity contribution < 1.29 is 14.6 Å². The van der Waals surface area contributed by atoms with Gasteiger partial charge in [-0.15, -0.1) is 0 Å². The van der Waals surface area contributed by atoms with Crippen LogP contribution in [0.5, 0.6) is 17.2 Å². The molecule has 5 heteroatoms. The van der Waals surface area contributed by atoms with E-state index in [1.807, 2.05) is 36.4 Å². The lowest BCUT2D eigenvalue weighted by molar-refractivity contribution is 0.218. The molecular formula is C26H28BrNO3. The maximum absolute atomic E-state index is 10.3. The lowest BCUT2D eigenvalue weighted by Gasteiger charge is -2.35. The van der Waals surface area contributed by atoms with Crippen molar-refractivity contribution in [2.75, 3.05) is 20.7 Å². The van der Waals surface area contributed by atoms with Crippen molar-refractivity contribution in [3.05, 3.63) is 87.4 Å². The van der Waals surface area contributed by atoms with Gasteiger partial charge in [0.05, 0.1) is 11.6 Å². The highest BCUT2D eigenvalue weighted by atomic mass is 79.9. The van der Waals surface area contributed by atoms with Gasteiger partial charge < -0.3 is 14.6 Å². The molecule has 0 saturated heterocycles. The molecule has 0 spiro atoms. The molecule has 0 aromatic heterocycles. The number of fused-ring (bicyclic) bond motifs is 1. The third-order valence-corrected chi connectivity index (χ3v) is 6.63. The first-order valence-corrected chi connectivity index (χ1v) is 11.4. The van der Waals surface area contributed by atoms with E-state index in [2.05, 4.69) is 52.1 Å². The molecule has 1 heterocycles. The molecule has 0 fully saturated rings. The molecule has 0 saturated carbocycles. The Morgan fingerprint density at radius 3 is 2.58 bits per heavy atom. The van der Waals surface area contributed by atoms with E-state index in [4.69, 9.17) is 9.47 Å². The third-order valence-electron chi connectivity index (χ3n) is 6.01. The molecule has 4 nitrogen and oxygen atoms in total. The second kappa shape index (κ2) is 9.75. The summed E-state index contributed by atoms with van der Waals surface area (Å²) in [5.74, 6) is 1.62. The Kier molecular flexibility index (Phi) is 6.83. The minimum absolute atomic E-state index is 0.212. The van der Waals surface area contributed by atoms with Crippen molar-refractivity contribution in [3.8, 4) is 17.2 Å². The van der Waals surface area contributed by atoms with Crippen molar-refractivity contribution in [2.24, 2.45) is 0 Å². The zero-order chi connectivity index (χ0) is 21.8. The summed E-state index contributed by atoms with van der Waals surface area (Å²) < 4.78 is 12.2. The summed E-state index contributed by atoms with van der Waals surface area (Å²) in [7, 11) is 3.75. The number of phenolic OH excluding ortho intramolecular Hbond substituents is 1. The standard InChI is InChI=1S/C26H28BrNO3/c1-28-13-12-20-15-26(30-2)24(29)16-21(20)23(28)10-8-18-9-11-25(22(27)14-18)31-17-19-6-4-3-5-7-19/h3-7,9,11,14-16,23,29H,8,10,12-13,17H2,1-2H3/t23-/m1/s1. The topological polar surface area (TPSA) is 41.9 Å². The molecule has 31 heavy (non-hydrogen) atoms. The van der Waals surface area contributed by atoms with Gasteiger partial charge >= 0.3 is 0 Å². The number of likely N-dealkylation sites (N-methyl/N-ethyl adjacent to an activating group) is 1. The van der Waals surface area contributed by atoms with E-state index in [0.29, 0.717) is 12.4 Å². The fourth-order valence-corrected chi connectivity index (χ4v) is 4.78. The van der Waals surface area contributed by atoms with Crippen molar-refractivity contribution >= 4 is 15.9 Å². The van der Waals surface area contributed by atoms with Gasteiger partial charge in [0.25, 0.3) is 0 Å². The molecule has 0 aliphatic carbocycles. The van der Waals surface area contributed by atoms with Gasteiger partial charge in [-0.2, -0.15) is 0 Å². The summed E-state index contributed by atoms with van der Waals surface area (Å²) in [4.78, 5) is 2.38. The Labute approximate surface area is 192 Å². The fraction of sp³-hybridized carbons (Fsp3) is 0.308. The first kappa shape index (κ1) is 21.7. The molecule has 3 aromatic carbocycles. The summed E-state index contributed by atoms with van der Waals surface area (Å²) in [6.45, 7) is 1.55. The van der Waals surface area contributed by atoms with E-state index in [0.717, 1.165) is 41.6 Å². The van der Waals surface area contributed by atoms with Crippen LogP contribution in [-0.2, 0) is 19.4 Å². The highest BCUT2D eigenvalue weighted by Gasteiger charge is 2.26. The third kappa shape index (κ3) is 5.05. The van der Waals surface area contributed by atoms with Gasteiger partial charge in [0.15, 0.2) is 11.5 Å². The van der Waals surface area contributed by atoms with Gasteiger partial charge in [-0.05, 0) is 88.8 Å². The fourth-order valence-electron chi connectivity index (χ4n) is 4.24. The van der Waals surface area contributed by atoms with Gasteiger partial charge in [-0.1, -0.05) is 36.4 Å². The van der Waals surface area contributed by atoms with Crippen LogP contribution in [0.1, 0.15) is 34.7 Å². The number of aromatic hydroxyl groups is 1. The lowest BCUT2D eigenvalue weighted by atomic mass is 9.89. The van der Waals surface area contributed by atoms with Crippen LogP contribution in [-0.4, -0.2) is 30.7 Å². The quantitative estimate of drug-likeness (QED) is 0.455. The number of phenols is 1. The lowest BCUT2D eigenvalue weighted by Crippen LogP contribution is -2.32. The number of nitrogens with zero attached hydrogens (tertiary/aromatic N) is 1. The second-order valence-electron chi connectivity index (χ2n) is 8.05. The number of halogens is 1. The molecule has 1 atom stereocenters. The molecule has 162 valence electrons. The summed E-state index contributed by atoms with van der Waals surface area (Å²) >= 11 is 3.67. The smallest absolute Gasteiger partial charge is 0.160 e. The van der Waals surface area contributed by atoms with E-state index in [9.17, 15) is 5.11 Å². The van der Waals surface area contributed by atoms with Gasteiger partial charge in [0.2, 0.25) is 0 Å². The number of aryl methyl sites for hydroxylation is 1. The number of hydrogen-bond acceptors (Lipinski definition) is 4. The van der Waals surface area contributed by atoms with Crippen LogP contribution in [0.2, 0.25) is 0 Å². The second-order valence-corrected chi connectivity index (χ2v) is 8.90. The first-order valence-electron chi connectivity index (χ1n) is 10.6. The Bertz CT molecular complexity index is 1040. The summed E-state index contributed by atoms with van der Waals surface area (Å²) in [5, 5.41) is 10.3. The molecule has 0 unspecified atom stereocenters. The van der Waals surface area contributed by atoms with Crippen molar-refractivity contribution in [3.63, 3.8) is 0 Å². The monoisotopic (exact) mass is 481 g/mol. The number of rotatable bonds is 7. The molecule has 1 aliphatic heterocycles. The Hall–Kier alpha value is -2.50. The van der Waals surface area contributed by atoms with E-state index in [1.165, 1.54) is 16.7 Å². The summed E-state index contributed by atoms with van der Waals surface area (Å²) in [6.07, 6.45) is 2.89. The van der Waals surface area contributed by atoms with Crippen molar-refractivity contribution in [1.82, 2.24) is 4.90 Å². The van der Waals surface area contributed by atoms with Gasteiger partial charge in [-0.3, -0.25) is 4.90 Å². The summed E-state index contributed by atoms with van der Waals surface area (Å²) in [6, 6.07) is 20.6. The largest absolute Gasteiger partial charge is 0.504 e. The van der Waals surface area contributed by atoms with Crippen LogP contribution in [0.15, 0.2) is 65.1 Å². The molecule has 3 aromatic rings. The van der Waals surface area contributed by atoms with Crippen LogP contribution in [0.3, 0.4) is 0 Å². The number of hydrogen-bond donors (Lipinski definition) is 1. The number of methoxy groups -OCH3 is 1. The van der Waals surface area contributed by atoms with E-state index >= 15 is 0 Å². The molecule has 1 aliphatic rings. The van der Waals surface area contributed by atoms with Crippen LogP contribution in [0.25, 0.3) is 0 Å². The highest BCUT2D eigenvalue weighted by Crippen LogP contribution is 2.39. The molecule has 0 bridgehead atoms. The summed E-state index contributed by atoms with van der Waals surface area (Å²) in [5.41, 5.74) is 4.88. The SMILES string of the molecule is COc1cc2c(cc1O)[C@@H](CCc1ccc(OCc3ccccc3)c(Br)c1)N(C)CC2. The molecule has 1 N–H and O–H groups in total. The van der Waals surface area contributed by atoms with Crippen LogP contribution >= 0.6 is 15.9 Å². The molecular weight excluding hydrogens is 454 g/mol. The predicted molar refractivity (Wildman–Crippen MR) is 127 cm³/mol. The maximum Gasteiger partial charge on any atom is 0.160 e. The highest BCUT2D eigenvalue weighted by molar-refractivity contribution is 9.10. The first-order chi connectivity index (χ1) is 15.0. The Balaban J connectivity index is 1.43. The minimum atomic E-state index is 0.212. The Morgan fingerprint density at radius 2 is 1.84 bits per heavy atom. The van der Waals surface area contributed by atoms with Crippen molar-refractivity contribution in [1.29, 1.82) is 0 Å². The average Bonchev–Trinajstić information content (AvgIpc) is 2.78. The van der Waals surface area contributed by atoms with Gasteiger partial charge in [-0.25, -0.2) is 0 Å².